The summed E-state index contributed by atoms with van der Waals surface area (Å²) in [5, 5.41) is 9.21. The second kappa shape index (κ2) is 5.33. The van der Waals surface area contributed by atoms with Crippen LogP contribution in [0.2, 0.25) is 0 Å². The van der Waals surface area contributed by atoms with Crippen LogP contribution < -0.4 is 0 Å². The standard InChI is InChI=1S/C11H15NO6/c1-15-8(13)6-7(9(16-2)17-3)11(6,5-12)10(14)18-4/h6-7,9H,1-4H3/t6-,7-,11?/m1/s1. The molecule has 0 bridgehead atoms. The van der Waals surface area contributed by atoms with Crippen molar-refractivity contribution in [1.29, 1.82) is 5.26 Å². The number of carbonyl (C=O) groups excluding carboxylic acids is 2. The van der Waals surface area contributed by atoms with E-state index in [2.05, 4.69) is 9.47 Å². The highest BCUT2D eigenvalue weighted by atomic mass is 16.7. The number of nitriles is 1. The van der Waals surface area contributed by atoms with E-state index in [9.17, 15) is 14.9 Å². The molecule has 0 N–H and O–H groups in total. The molecule has 1 aliphatic carbocycles. The van der Waals surface area contributed by atoms with Crippen molar-refractivity contribution in [3.63, 3.8) is 0 Å². The van der Waals surface area contributed by atoms with Gasteiger partial charge in [-0.3, -0.25) is 9.59 Å². The van der Waals surface area contributed by atoms with Gasteiger partial charge in [0, 0.05) is 14.2 Å². The Kier molecular flexibility index (Phi) is 4.27. The number of ether oxygens (including phenoxy) is 4. The molecule has 0 aromatic heterocycles. The van der Waals surface area contributed by atoms with Crippen LogP contribution in [0.5, 0.6) is 0 Å². The SMILES string of the molecule is COC(=O)[C@H]1[C@H](C(OC)OC)C1(C#N)C(=O)OC. The molecule has 18 heavy (non-hydrogen) atoms. The highest BCUT2D eigenvalue weighted by molar-refractivity contribution is 5.94. The molecule has 100 valence electrons. The van der Waals surface area contributed by atoms with Gasteiger partial charge in [-0.2, -0.15) is 5.26 Å². The molecule has 0 aliphatic heterocycles. The predicted octanol–water partition coefficient (Wildman–Crippen LogP) is -0.293. The molecule has 7 heteroatoms. The van der Waals surface area contributed by atoms with Crippen LogP contribution >= 0.6 is 0 Å². The first-order valence-electron chi connectivity index (χ1n) is 5.18. The molecule has 0 aromatic rings. The number of hydrogen-bond donors (Lipinski definition) is 0. The topological polar surface area (TPSA) is 94.9 Å². The summed E-state index contributed by atoms with van der Waals surface area (Å²) >= 11 is 0. The second-order valence-electron chi connectivity index (χ2n) is 3.84. The molecule has 0 aromatic carbocycles. The lowest BCUT2D eigenvalue weighted by atomic mass is 10.0. The molecule has 1 saturated carbocycles. The zero-order valence-corrected chi connectivity index (χ0v) is 10.6. The van der Waals surface area contributed by atoms with E-state index in [1.54, 1.807) is 0 Å². The number of nitrogens with zero attached hydrogens (tertiary/aromatic N) is 1. The van der Waals surface area contributed by atoms with E-state index < -0.39 is 35.5 Å². The fraction of sp³-hybridized carbons (Fsp3) is 0.727. The van der Waals surface area contributed by atoms with Gasteiger partial charge in [-0.25, -0.2) is 0 Å². The minimum absolute atomic E-state index is 0.661. The zero-order valence-electron chi connectivity index (χ0n) is 10.6. The maximum Gasteiger partial charge on any atom is 0.327 e. The summed E-state index contributed by atoms with van der Waals surface area (Å²) in [5.74, 6) is -3.13. The molecule has 0 spiro atoms. The minimum atomic E-state index is -1.60. The summed E-state index contributed by atoms with van der Waals surface area (Å²) in [5.41, 5.74) is -1.60. The normalized spacial score (nSPS) is 29.6. The van der Waals surface area contributed by atoms with Crippen molar-refractivity contribution in [3.8, 4) is 6.07 Å². The summed E-state index contributed by atoms with van der Waals surface area (Å²) in [6.07, 6.45) is -0.854. The van der Waals surface area contributed by atoms with Crippen LogP contribution in [-0.4, -0.2) is 46.7 Å². The Bertz CT molecular complexity index is 385. The van der Waals surface area contributed by atoms with Crippen molar-refractivity contribution >= 4 is 11.9 Å². The van der Waals surface area contributed by atoms with Gasteiger partial charge in [0.15, 0.2) is 11.7 Å². The van der Waals surface area contributed by atoms with Crippen molar-refractivity contribution in [2.24, 2.45) is 17.3 Å². The Hall–Kier alpha value is -1.65. The Morgan fingerprint density at radius 1 is 1.17 bits per heavy atom. The third-order valence-electron chi connectivity index (χ3n) is 3.19. The van der Waals surface area contributed by atoms with Crippen molar-refractivity contribution in [1.82, 2.24) is 0 Å². The van der Waals surface area contributed by atoms with Gasteiger partial charge in [0.05, 0.1) is 32.1 Å². The summed E-state index contributed by atoms with van der Waals surface area (Å²) in [6, 6.07) is 1.83. The van der Waals surface area contributed by atoms with Gasteiger partial charge in [0.25, 0.3) is 0 Å². The molecular formula is C11H15NO6. The third kappa shape index (κ3) is 1.83. The summed E-state index contributed by atoms with van der Waals surface area (Å²) in [6.45, 7) is 0. The maximum atomic E-state index is 11.7. The average molecular weight is 257 g/mol. The van der Waals surface area contributed by atoms with Crippen LogP contribution in [0, 0.1) is 28.6 Å². The maximum absolute atomic E-state index is 11.7. The van der Waals surface area contributed by atoms with Crippen LogP contribution in [0.25, 0.3) is 0 Å². The number of rotatable bonds is 5. The van der Waals surface area contributed by atoms with Crippen LogP contribution in [0.1, 0.15) is 0 Å². The average Bonchev–Trinajstić information content (AvgIpc) is 3.08. The lowest BCUT2D eigenvalue weighted by molar-refractivity contribution is -0.152. The van der Waals surface area contributed by atoms with Crippen molar-refractivity contribution in [2.45, 2.75) is 6.29 Å². The van der Waals surface area contributed by atoms with Crippen LogP contribution in [0.4, 0.5) is 0 Å². The Morgan fingerprint density at radius 2 is 1.72 bits per heavy atom. The van der Waals surface area contributed by atoms with E-state index in [1.807, 2.05) is 6.07 Å². The van der Waals surface area contributed by atoms with Crippen molar-refractivity contribution in [2.75, 3.05) is 28.4 Å². The molecule has 0 heterocycles. The van der Waals surface area contributed by atoms with Gasteiger partial charge in [0.1, 0.15) is 0 Å². The van der Waals surface area contributed by atoms with Crippen molar-refractivity contribution < 1.29 is 28.5 Å². The van der Waals surface area contributed by atoms with E-state index in [-0.39, 0.29) is 0 Å². The third-order valence-corrected chi connectivity index (χ3v) is 3.19. The van der Waals surface area contributed by atoms with Crippen LogP contribution in [0.15, 0.2) is 0 Å². The first kappa shape index (κ1) is 14.4. The molecule has 3 atom stereocenters. The van der Waals surface area contributed by atoms with E-state index in [0.717, 1.165) is 7.11 Å². The predicted molar refractivity (Wildman–Crippen MR) is 56.9 cm³/mol. The van der Waals surface area contributed by atoms with Gasteiger partial charge in [-0.05, 0) is 0 Å². The second-order valence-corrected chi connectivity index (χ2v) is 3.84. The highest BCUT2D eigenvalue weighted by Crippen LogP contribution is 2.61. The quantitative estimate of drug-likeness (QED) is 0.493. The van der Waals surface area contributed by atoms with E-state index in [0.29, 0.717) is 0 Å². The minimum Gasteiger partial charge on any atom is -0.469 e. The zero-order chi connectivity index (χ0) is 13.9. The Labute approximate surface area is 105 Å². The number of esters is 2. The van der Waals surface area contributed by atoms with Gasteiger partial charge in [-0.15, -0.1) is 0 Å². The first-order valence-corrected chi connectivity index (χ1v) is 5.18. The Morgan fingerprint density at radius 3 is 2.06 bits per heavy atom. The molecule has 0 amide bonds. The van der Waals surface area contributed by atoms with Gasteiger partial charge >= 0.3 is 11.9 Å². The summed E-state index contributed by atoms with van der Waals surface area (Å²) in [7, 11) is 5.06. The highest BCUT2D eigenvalue weighted by Gasteiger charge is 2.78. The monoisotopic (exact) mass is 257 g/mol. The van der Waals surface area contributed by atoms with Gasteiger partial charge in [0.2, 0.25) is 0 Å². The summed E-state index contributed by atoms with van der Waals surface area (Å²) in [4.78, 5) is 23.4. The fourth-order valence-corrected chi connectivity index (χ4v) is 2.26. The molecule has 7 nitrogen and oxygen atoms in total. The lowest BCUT2D eigenvalue weighted by Gasteiger charge is -2.14. The smallest absolute Gasteiger partial charge is 0.327 e. The van der Waals surface area contributed by atoms with Crippen LogP contribution in [-0.2, 0) is 28.5 Å². The largest absolute Gasteiger partial charge is 0.469 e. The van der Waals surface area contributed by atoms with E-state index >= 15 is 0 Å². The lowest BCUT2D eigenvalue weighted by Crippen LogP contribution is -2.26. The molecule has 1 aliphatic rings. The molecule has 1 fully saturated rings. The molecule has 1 unspecified atom stereocenters. The van der Waals surface area contributed by atoms with Gasteiger partial charge < -0.3 is 18.9 Å². The number of hydrogen-bond acceptors (Lipinski definition) is 7. The molecule has 0 radical (unpaired) electrons. The summed E-state index contributed by atoms with van der Waals surface area (Å²) < 4.78 is 19.2. The van der Waals surface area contributed by atoms with Gasteiger partial charge in [-0.1, -0.05) is 0 Å². The molecule has 1 rings (SSSR count). The molecule has 0 saturated heterocycles. The Balaban J connectivity index is 3.12. The van der Waals surface area contributed by atoms with Crippen molar-refractivity contribution in [3.05, 3.63) is 0 Å². The number of methoxy groups -OCH3 is 4. The van der Waals surface area contributed by atoms with E-state index in [4.69, 9.17) is 9.47 Å². The number of carbonyl (C=O) groups is 2. The molecular weight excluding hydrogens is 242 g/mol. The first-order chi connectivity index (χ1) is 8.54. The van der Waals surface area contributed by atoms with Crippen LogP contribution in [0.3, 0.4) is 0 Å². The fourth-order valence-electron chi connectivity index (χ4n) is 2.26. The van der Waals surface area contributed by atoms with E-state index in [1.165, 1.54) is 21.3 Å².